The minimum atomic E-state index is -3.97. The number of alkyl halides is 3. The molecular formula is C25H34F3N5O2. The normalized spacial score (nSPS) is 20.8. The molecule has 4 atom stereocenters. The molecule has 0 bridgehead atoms. The summed E-state index contributed by atoms with van der Waals surface area (Å²) < 4.78 is 36.4. The van der Waals surface area contributed by atoms with Crippen LogP contribution in [0.25, 0.3) is 0 Å². The van der Waals surface area contributed by atoms with Gasteiger partial charge < -0.3 is 10.4 Å². The fourth-order valence-electron chi connectivity index (χ4n) is 4.08. The van der Waals surface area contributed by atoms with Crippen molar-refractivity contribution in [1.82, 2.24) is 20.2 Å². The molecule has 35 heavy (non-hydrogen) atoms. The second kappa shape index (κ2) is 11.7. The maximum Gasteiger partial charge on any atom is 0.394 e. The number of carbonyl (C=O) groups is 1. The molecule has 2 heterocycles. The van der Waals surface area contributed by atoms with Crippen molar-refractivity contribution < 1.29 is 23.1 Å². The summed E-state index contributed by atoms with van der Waals surface area (Å²) in [6.07, 6.45) is 0.939. The Balaban J connectivity index is 0.000000360. The lowest BCUT2D eigenvalue weighted by Crippen LogP contribution is -2.25. The van der Waals surface area contributed by atoms with E-state index in [4.69, 9.17) is 0 Å². The smallest absolute Gasteiger partial charge is 0.388 e. The summed E-state index contributed by atoms with van der Waals surface area (Å²) in [5.41, 5.74) is 1.79. The first-order chi connectivity index (χ1) is 16.4. The highest BCUT2D eigenvalue weighted by atomic mass is 19.4. The Hall–Kier alpha value is -2.88. The Morgan fingerprint density at radius 1 is 1.29 bits per heavy atom. The second-order valence-corrected chi connectivity index (χ2v) is 9.04. The number of hydrogen-bond acceptors (Lipinski definition) is 7. The largest absolute Gasteiger partial charge is 0.394 e. The van der Waals surface area contributed by atoms with Crippen LogP contribution in [0.5, 0.6) is 0 Å². The van der Waals surface area contributed by atoms with Gasteiger partial charge in [0.1, 0.15) is 5.69 Å². The average molecular weight is 494 g/mol. The molecule has 1 saturated carbocycles. The van der Waals surface area contributed by atoms with E-state index in [0.717, 1.165) is 12.1 Å². The van der Waals surface area contributed by atoms with Crippen molar-refractivity contribution in [1.29, 1.82) is 0 Å². The van der Waals surface area contributed by atoms with E-state index in [1.165, 1.54) is 0 Å². The quantitative estimate of drug-likeness (QED) is 0.429. The highest BCUT2D eigenvalue weighted by Gasteiger charge is 2.66. The predicted octanol–water partition coefficient (Wildman–Crippen LogP) is 5.76. The molecule has 1 fully saturated rings. The van der Waals surface area contributed by atoms with Crippen LogP contribution in [-0.2, 0) is 0 Å². The number of carbonyl (C=O) groups excluding carboxylic acids is 1. The Bertz CT molecular complexity index is 1010. The summed E-state index contributed by atoms with van der Waals surface area (Å²) in [6.45, 7) is 13.0. The number of aldehydes is 1. The Kier molecular flexibility index (Phi) is 9.48. The van der Waals surface area contributed by atoms with Crippen LogP contribution in [0.3, 0.4) is 0 Å². The Labute approximate surface area is 204 Å². The number of aromatic nitrogens is 4. The molecule has 2 N–H and O–H groups in total. The molecule has 2 aromatic heterocycles. The monoisotopic (exact) mass is 493 g/mol. The van der Waals surface area contributed by atoms with Gasteiger partial charge in [-0.2, -0.15) is 23.4 Å². The molecule has 1 aliphatic rings. The number of nitrogens with zero attached hydrogens (tertiary/aromatic N) is 4. The molecule has 4 unspecified atom stereocenters. The van der Waals surface area contributed by atoms with Crippen molar-refractivity contribution in [2.75, 3.05) is 5.32 Å². The minimum absolute atomic E-state index is 0.00826. The van der Waals surface area contributed by atoms with Gasteiger partial charge in [0.2, 0.25) is 0 Å². The van der Waals surface area contributed by atoms with Gasteiger partial charge in [0.05, 0.1) is 29.1 Å². The van der Waals surface area contributed by atoms with Crippen molar-refractivity contribution in [3.8, 4) is 0 Å². The number of hydrogen-bond donors (Lipinski definition) is 2. The van der Waals surface area contributed by atoms with Gasteiger partial charge in [-0.25, -0.2) is 9.97 Å². The van der Waals surface area contributed by atoms with E-state index in [1.54, 1.807) is 32.3 Å². The summed E-state index contributed by atoms with van der Waals surface area (Å²) >= 11 is 0. The lowest BCUT2D eigenvalue weighted by Gasteiger charge is -2.22. The highest BCUT2D eigenvalue weighted by Crippen LogP contribution is 2.64. The zero-order valence-corrected chi connectivity index (χ0v) is 20.9. The van der Waals surface area contributed by atoms with Gasteiger partial charge in [-0.3, -0.25) is 4.79 Å². The maximum absolute atomic E-state index is 12.1. The molecule has 0 spiro atoms. The molecule has 2 aromatic rings. The molecular weight excluding hydrogens is 459 g/mol. The maximum atomic E-state index is 12.1. The summed E-state index contributed by atoms with van der Waals surface area (Å²) in [4.78, 5) is 19.9. The molecule has 0 radical (unpaired) electrons. The van der Waals surface area contributed by atoms with Crippen molar-refractivity contribution >= 4 is 12.1 Å². The summed E-state index contributed by atoms with van der Waals surface area (Å²) in [5.74, 6) is 0.227. The molecule has 0 amide bonds. The molecule has 0 aromatic carbocycles. The number of aryl methyl sites for hydroxylation is 2. The lowest BCUT2D eigenvalue weighted by molar-refractivity contribution is -0.192. The van der Waals surface area contributed by atoms with Crippen LogP contribution in [-0.4, -0.2) is 37.7 Å². The van der Waals surface area contributed by atoms with E-state index in [2.05, 4.69) is 32.1 Å². The fraction of sp³-hybridized carbons (Fsp3) is 0.560. The number of anilines is 1. The SMILES string of the molecule is C=C(Nc1nc(C)c(C)nc1C=O)C(CC)CC(O)c1ccnnc1.CCC1(C(F)(F)F)CC1C. The molecule has 1 aliphatic carbocycles. The number of rotatable bonds is 9. The van der Waals surface area contributed by atoms with Crippen LogP contribution in [0.1, 0.15) is 80.0 Å². The average Bonchev–Trinajstić information content (AvgIpc) is 3.52. The molecule has 0 aliphatic heterocycles. The summed E-state index contributed by atoms with van der Waals surface area (Å²) in [6, 6.07) is 1.74. The van der Waals surface area contributed by atoms with Gasteiger partial charge in [0.25, 0.3) is 0 Å². The first-order valence-corrected chi connectivity index (χ1v) is 11.7. The molecule has 7 nitrogen and oxygen atoms in total. The van der Waals surface area contributed by atoms with E-state index in [9.17, 15) is 23.1 Å². The van der Waals surface area contributed by atoms with Crippen LogP contribution in [0.15, 0.2) is 30.7 Å². The van der Waals surface area contributed by atoms with E-state index in [1.807, 2.05) is 20.8 Å². The van der Waals surface area contributed by atoms with Crippen LogP contribution >= 0.6 is 0 Å². The van der Waals surface area contributed by atoms with Gasteiger partial charge >= 0.3 is 6.18 Å². The number of nitrogens with one attached hydrogen (secondary N) is 1. The number of allylic oxidation sites excluding steroid dienone is 1. The van der Waals surface area contributed by atoms with Crippen LogP contribution in [0.4, 0.5) is 19.0 Å². The number of aliphatic hydroxyl groups is 1. The van der Waals surface area contributed by atoms with E-state index in [-0.39, 0.29) is 24.0 Å². The van der Waals surface area contributed by atoms with Crippen molar-refractivity contribution in [2.24, 2.45) is 17.3 Å². The molecule has 192 valence electrons. The Morgan fingerprint density at radius 3 is 2.34 bits per heavy atom. The zero-order chi connectivity index (χ0) is 26.4. The summed E-state index contributed by atoms with van der Waals surface area (Å²) in [5, 5.41) is 21.0. The second-order valence-electron chi connectivity index (χ2n) is 9.04. The minimum Gasteiger partial charge on any atom is -0.388 e. The van der Waals surface area contributed by atoms with Crippen LogP contribution in [0.2, 0.25) is 0 Å². The topological polar surface area (TPSA) is 101 Å². The van der Waals surface area contributed by atoms with Gasteiger partial charge in [0.15, 0.2) is 12.1 Å². The van der Waals surface area contributed by atoms with Crippen molar-refractivity contribution in [3.63, 3.8) is 0 Å². The van der Waals surface area contributed by atoms with Gasteiger partial charge in [-0.15, -0.1) is 0 Å². The summed E-state index contributed by atoms with van der Waals surface area (Å²) in [7, 11) is 0. The third-order valence-electron chi connectivity index (χ3n) is 6.86. The number of aliphatic hydroxyl groups excluding tert-OH is 1. The van der Waals surface area contributed by atoms with E-state index < -0.39 is 17.7 Å². The zero-order valence-electron chi connectivity index (χ0n) is 20.9. The van der Waals surface area contributed by atoms with Crippen molar-refractivity contribution in [3.05, 3.63) is 53.4 Å². The third kappa shape index (κ3) is 6.84. The van der Waals surface area contributed by atoms with E-state index in [0.29, 0.717) is 41.9 Å². The molecule has 0 saturated heterocycles. The van der Waals surface area contributed by atoms with Gasteiger partial charge in [-0.05, 0) is 51.5 Å². The predicted molar refractivity (Wildman–Crippen MR) is 128 cm³/mol. The Morgan fingerprint density at radius 2 is 1.91 bits per heavy atom. The van der Waals surface area contributed by atoms with Crippen molar-refractivity contribution in [2.45, 2.75) is 72.6 Å². The van der Waals surface area contributed by atoms with Crippen LogP contribution < -0.4 is 5.32 Å². The molecule has 10 heteroatoms. The van der Waals surface area contributed by atoms with Gasteiger partial charge in [-0.1, -0.05) is 27.4 Å². The van der Waals surface area contributed by atoms with E-state index >= 15 is 0 Å². The third-order valence-corrected chi connectivity index (χ3v) is 6.86. The standard InChI is InChI=1S/C18H23N5O2.C7H11F3/c1-5-14(8-17(25)15-6-7-19-20-9-15)13(4)23-18-16(10-24)21-11(2)12(3)22-18;1-3-6(4-5(6)2)7(8,9)10/h6-7,9-10,14,17,25H,4-5,8H2,1-3H3,(H,22,23);5H,3-4H2,1-2H3. The molecule has 3 rings (SSSR count). The first kappa shape index (κ1) is 28.4. The van der Waals surface area contributed by atoms with Gasteiger partial charge in [0, 0.05) is 23.4 Å². The highest BCUT2D eigenvalue weighted by molar-refractivity contribution is 5.80. The lowest BCUT2D eigenvalue weighted by atomic mass is 9.93. The van der Waals surface area contributed by atoms with Crippen LogP contribution in [0, 0.1) is 31.1 Å². The fourth-order valence-corrected chi connectivity index (χ4v) is 4.08. The number of halogens is 3. The first-order valence-electron chi connectivity index (χ1n) is 11.7.